The third kappa shape index (κ3) is 8.90. The number of hydrogen-bond acceptors (Lipinski definition) is 7. The van der Waals surface area contributed by atoms with Crippen molar-refractivity contribution in [1.82, 2.24) is 0 Å². The molecule has 0 aliphatic heterocycles. The van der Waals surface area contributed by atoms with Crippen LogP contribution in [0.15, 0.2) is 78.6 Å². The molecular weight excluding hydrogens is 579 g/mol. The summed E-state index contributed by atoms with van der Waals surface area (Å²) < 4.78 is 56.1. The van der Waals surface area contributed by atoms with Crippen molar-refractivity contribution < 1.29 is 47.2 Å². The molecule has 0 aromatic heterocycles. The Hall–Kier alpha value is -5.19. The predicted octanol–water partition coefficient (Wildman–Crippen LogP) is 7.27. The molecule has 8 nitrogen and oxygen atoms in total. The normalized spacial score (nSPS) is 12.4. The van der Waals surface area contributed by atoms with Gasteiger partial charge in [-0.1, -0.05) is 30.4 Å². The first-order chi connectivity index (χ1) is 20.6. The van der Waals surface area contributed by atoms with E-state index in [9.17, 15) is 33.0 Å². The number of methoxy groups -OCH3 is 2. The summed E-state index contributed by atoms with van der Waals surface area (Å²) in [7, 11) is 2.80. The van der Waals surface area contributed by atoms with E-state index in [0.717, 1.165) is 12.1 Å². The van der Waals surface area contributed by atoms with E-state index in [1.165, 1.54) is 83.6 Å². The number of carbonyl (C=O) groups is 2. The maximum atomic E-state index is 13.3. The Morgan fingerprint density at radius 2 is 1.45 bits per heavy atom. The number of aliphatic hydroxyl groups is 1. The van der Waals surface area contributed by atoms with E-state index in [1.807, 2.05) is 0 Å². The molecule has 0 saturated carbocycles. The summed E-state index contributed by atoms with van der Waals surface area (Å²) in [5.41, 5.74) is -1.18. The highest BCUT2D eigenvalue weighted by Crippen LogP contribution is 2.35. The van der Waals surface area contributed by atoms with Gasteiger partial charge in [0.05, 0.1) is 19.8 Å². The summed E-state index contributed by atoms with van der Waals surface area (Å²) in [5, 5.41) is 22.3. The molecule has 3 aromatic carbocycles. The SMILES string of the molecule is COc1cc(/C=C/C(=O)/C=C(O)/C=C/c2ccc(OC(C)(C)C(=O)Nc3ccc(C)c(C(F)(F)F)c3)c(OC)c2)ccc1O. The molecule has 0 atom stereocenters. The van der Waals surface area contributed by atoms with Crippen LogP contribution >= 0.6 is 0 Å². The van der Waals surface area contributed by atoms with Crippen LogP contribution in [-0.2, 0) is 15.8 Å². The van der Waals surface area contributed by atoms with Gasteiger partial charge in [-0.15, -0.1) is 0 Å². The van der Waals surface area contributed by atoms with Gasteiger partial charge in [0, 0.05) is 11.8 Å². The lowest BCUT2D eigenvalue weighted by molar-refractivity contribution is -0.138. The summed E-state index contributed by atoms with van der Waals surface area (Å²) in [6, 6.07) is 12.8. The van der Waals surface area contributed by atoms with E-state index < -0.39 is 29.0 Å². The van der Waals surface area contributed by atoms with Crippen LogP contribution in [0.25, 0.3) is 12.2 Å². The van der Waals surface area contributed by atoms with Gasteiger partial charge in [0.1, 0.15) is 5.76 Å². The van der Waals surface area contributed by atoms with Gasteiger partial charge in [-0.3, -0.25) is 9.59 Å². The van der Waals surface area contributed by atoms with Gasteiger partial charge in [0.25, 0.3) is 5.91 Å². The van der Waals surface area contributed by atoms with Crippen LogP contribution in [0.5, 0.6) is 23.0 Å². The third-order valence-electron chi connectivity index (χ3n) is 6.28. The summed E-state index contributed by atoms with van der Waals surface area (Å²) in [4.78, 5) is 25.2. The van der Waals surface area contributed by atoms with Gasteiger partial charge in [-0.25, -0.2) is 0 Å². The zero-order valence-electron chi connectivity index (χ0n) is 24.7. The van der Waals surface area contributed by atoms with Crippen molar-refractivity contribution in [2.45, 2.75) is 32.5 Å². The molecule has 232 valence electrons. The lowest BCUT2D eigenvalue weighted by Gasteiger charge is -2.26. The number of benzene rings is 3. The molecule has 3 rings (SSSR count). The lowest BCUT2D eigenvalue weighted by atomic mass is 10.1. The number of allylic oxidation sites excluding steroid dienone is 3. The second-order valence-electron chi connectivity index (χ2n) is 10.1. The number of carbonyl (C=O) groups excluding carboxylic acids is 2. The topological polar surface area (TPSA) is 114 Å². The number of ether oxygens (including phenoxy) is 3. The summed E-state index contributed by atoms with van der Waals surface area (Å²) in [6.07, 6.45) is 2.03. The molecule has 0 saturated heterocycles. The third-order valence-corrected chi connectivity index (χ3v) is 6.28. The number of aryl methyl sites for hydroxylation is 1. The van der Waals surface area contributed by atoms with Crippen molar-refractivity contribution >= 4 is 29.5 Å². The van der Waals surface area contributed by atoms with Gasteiger partial charge in [0.2, 0.25) is 0 Å². The maximum absolute atomic E-state index is 13.3. The molecule has 1 amide bonds. The number of phenols is 1. The molecule has 0 spiro atoms. The Bertz CT molecular complexity index is 1620. The minimum atomic E-state index is -4.57. The van der Waals surface area contributed by atoms with E-state index in [1.54, 1.807) is 24.3 Å². The summed E-state index contributed by atoms with van der Waals surface area (Å²) in [5.74, 6) is -0.826. The molecule has 0 aliphatic carbocycles. The first-order valence-corrected chi connectivity index (χ1v) is 13.2. The molecule has 0 fully saturated rings. The summed E-state index contributed by atoms with van der Waals surface area (Å²) >= 11 is 0. The molecule has 0 unspecified atom stereocenters. The van der Waals surface area contributed by atoms with Crippen LogP contribution in [0.2, 0.25) is 0 Å². The number of anilines is 1. The maximum Gasteiger partial charge on any atom is 0.416 e. The smallest absolute Gasteiger partial charge is 0.416 e. The van der Waals surface area contributed by atoms with Crippen molar-refractivity contribution in [2.75, 3.05) is 19.5 Å². The van der Waals surface area contributed by atoms with E-state index in [-0.39, 0.29) is 40.0 Å². The largest absolute Gasteiger partial charge is 0.508 e. The Kier molecular flexibility index (Phi) is 10.5. The fourth-order valence-electron chi connectivity index (χ4n) is 3.88. The van der Waals surface area contributed by atoms with Crippen LogP contribution in [-0.4, -0.2) is 41.7 Å². The van der Waals surface area contributed by atoms with Gasteiger partial charge in [-0.2, -0.15) is 13.2 Å². The van der Waals surface area contributed by atoms with Crippen molar-refractivity contribution in [3.05, 3.63) is 101 Å². The second-order valence-corrected chi connectivity index (χ2v) is 10.1. The lowest BCUT2D eigenvalue weighted by Crippen LogP contribution is -2.42. The standard InChI is InChI=1S/C33H32F3NO7/c1-20-6-11-23(18-26(20)33(34,35)36)37-31(41)32(2,3)44-28-15-10-22(17-30(28)43-5)8-13-25(39)19-24(38)12-7-21-9-14-27(40)29(16-21)42-4/h6-19,39-40H,1-5H3,(H,37,41)/b12-7+,13-8+,25-19-. The van der Waals surface area contributed by atoms with Crippen LogP contribution in [0.1, 0.15) is 36.1 Å². The zero-order valence-corrected chi connectivity index (χ0v) is 24.7. The predicted molar refractivity (Wildman–Crippen MR) is 161 cm³/mol. The van der Waals surface area contributed by atoms with Crippen LogP contribution in [0, 0.1) is 6.92 Å². The summed E-state index contributed by atoms with van der Waals surface area (Å²) in [6.45, 7) is 4.25. The number of hydrogen-bond donors (Lipinski definition) is 3. The van der Waals surface area contributed by atoms with E-state index >= 15 is 0 Å². The number of alkyl halides is 3. The Balaban J connectivity index is 1.68. The zero-order chi connectivity index (χ0) is 32.7. The Labute approximate surface area is 252 Å². The molecule has 0 bridgehead atoms. The van der Waals surface area contributed by atoms with E-state index in [2.05, 4.69) is 5.32 Å². The van der Waals surface area contributed by atoms with Crippen LogP contribution in [0.4, 0.5) is 18.9 Å². The van der Waals surface area contributed by atoms with Crippen molar-refractivity contribution in [1.29, 1.82) is 0 Å². The minimum Gasteiger partial charge on any atom is -0.508 e. The number of aliphatic hydroxyl groups excluding tert-OH is 1. The number of nitrogens with one attached hydrogen (secondary N) is 1. The van der Waals surface area contributed by atoms with Gasteiger partial charge >= 0.3 is 6.18 Å². The first kappa shape index (κ1) is 33.3. The molecule has 0 radical (unpaired) electrons. The van der Waals surface area contributed by atoms with Crippen LogP contribution in [0.3, 0.4) is 0 Å². The number of rotatable bonds is 11. The van der Waals surface area contributed by atoms with E-state index in [4.69, 9.17) is 14.2 Å². The highest BCUT2D eigenvalue weighted by Gasteiger charge is 2.34. The van der Waals surface area contributed by atoms with Gasteiger partial charge in [0.15, 0.2) is 34.4 Å². The number of halogens is 3. The number of aromatic hydroxyl groups is 1. The van der Waals surface area contributed by atoms with E-state index in [0.29, 0.717) is 11.1 Å². The van der Waals surface area contributed by atoms with Crippen LogP contribution < -0.4 is 19.5 Å². The van der Waals surface area contributed by atoms with Crippen molar-refractivity contribution in [2.24, 2.45) is 0 Å². The fraction of sp³-hybridized carbons (Fsp3) is 0.212. The number of phenolic OH excluding ortho intramolecular Hbond substituents is 1. The average molecular weight is 612 g/mol. The number of ketones is 1. The number of amides is 1. The quantitative estimate of drug-likeness (QED) is 0.119. The fourth-order valence-corrected chi connectivity index (χ4v) is 3.88. The average Bonchev–Trinajstić information content (AvgIpc) is 2.96. The molecule has 11 heteroatoms. The highest BCUT2D eigenvalue weighted by atomic mass is 19.4. The molecule has 0 heterocycles. The molecular formula is C33H32F3NO7. The molecule has 3 aromatic rings. The Morgan fingerprint density at radius 3 is 2.09 bits per heavy atom. The molecule has 0 aliphatic rings. The molecule has 3 N–H and O–H groups in total. The molecule has 44 heavy (non-hydrogen) atoms. The first-order valence-electron chi connectivity index (χ1n) is 13.2. The minimum absolute atomic E-state index is 0.0283. The highest BCUT2D eigenvalue weighted by molar-refractivity contribution is 6.02. The second kappa shape index (κ2) is 13.9. The Morgan fingerprint density at radius 1 is 0.841 bits per heavy atom. The monoisotopic (exact) mass is 611 g/mol. The van der Waals surface area contributed by atoms with Gasteiger partial charge < -0.3 is 29.7 Å². The van der Waals surface area contributed by atoms with Crippen molar-refractivity contribution in [3.63, 3.8) is 0 Å². The van der Waals surface area contributed by atoms with Gasteiger partial charge in [-0.05, 0) is 86.0 Å². The van der Waals surface area contributed by atoms with Crippen molar-refractivity contribution in [3.8, 4) is 23.0 Å².